The molecule has 1 heterocycles. The van der Waals surface area contributed by atoms with E-state index in [0.717, 1.165) is 18.7 Å². The highest BCUT2D eigenvalue weighted by Gasteiger charge is 2.14. The van der Waals surface area contributed by atoms with Crippen LogP contribution in [0.3, 0.4) is 0 Å². The molecule has 0 aliphatic rings. The Hall–Kier alpha value is -1.84. The Balaban J connectivity index is 3.23. The van der Waals surface area contributed by atoms with E-state index in [9.17, 15) is 9.90 Å². The normalized spacial score (nSPS) is 10.5. The van der Waals surface area contributed by atoms with Gasteiger partial charge in [-0.2, -0.15) is 0 Å². The lowest BCUT2D eigenvalue weighted by atomic mass is 10.1. The molecule has 0 aromatic carbocycles. The number of carbonyl (C=O) groups is 1. The van der Waals surface area contributed by atoms with Crippen LogP contribution in [0.25, 0.3) is 0 Å². The number of nitrogens with zero attached hydrogens (tertiary/aromatic N) is 2. The summed E-state index contributed by atoms with van der Waals surface area (Å²) in [5.74, 6) is -0.00351. The number of carboxylic acid groups (broad SMARTS) is 1. The molecule has 1 aromatic rings. The van der Waals surface area contributed by atoms with Crippen LogP contribution < -0.4 is 4.90 Å². The van der Waals surface area contributed by atoms with Crippen molar-refractivity contribution in [1.29, 1.82) is 0 Å². The Kier molecular flexibility index (Phi) is 5.55. The van der Waals surface area contributed by atoms with E-state index >= 15 is 0 Å². The van der Waals surface area contributed by atoms with Crippen molar-refractivity contribution in [1.82, 2.24) is 4.98 Å². The van der Waals surface area contributed by atoms with Crippen LogP contribution in [-0.4, -0.2) is 29.1 Å². The summed E-state index contributed by atoms with van der Waals surface area (Å²) in [5, 5.41) is 9.19. The minimum absolute atomic E-state index is 0.199. The van der Waals surface area contributed by atoms with Crippen molar-refractivity contribution in [2.75, 3.05) is 18.0 Å². The fraction of sp³-hybridized carbons (Fsp3) is 0.467. The highest BCUT2D eigenvalue weighted by molar-refractivity contribution is 5.88. The average Bonchev–Trinajstić information content (AvgIpc) is 2.37. The Morgan fingerprint density at radius 3 is 2.68 bits per heavy atom. The quantitative estimate of drug-likeness (QED) is 0.766. The van der Waals surface area contributed by atoms with E-state index in [4.69, 9.17) is 0 Å². The van der Waals surface area contributed by atoms with Gasteiger partial charge in [0, 0.05) is 18.8 Å². The standard InChI is InChI=1S/C15H22N2O2/c1-5-7-17(8-6-2)14-10-12(15(18)19)9-13(16-14)11(3)4/h5,9-11H,1,6-8H2,2-4H3,(H,18,19). The molecule has 0 atom stereocenters. The van der Waals surface area contributed by atoms with Crippen molar-refractivity contribution in [2.24, 2.45) is 0 Å². The van der Waals surface area contributed by atoms with E-state index in [1.165, 1.54) is 0 Å². The molecule has 0 bridgehead atoms. The molecule has 0 saturated heterocycles. The van der Waals surface area contributed by atoms with Gasteiger partial charge in [0.2, 0.25) is 0 Å². The molecule has 1 aromatic heterocycles. The smallest absolute Gasteiger partial charge is 0.335 e. The van der Waals surface area contributed by atoms with E-state index in [0.29, 0.717) is 17.9 Å². The summed E-state index contributed by atoms with van der Waals surface area (Å²) in [7, 11) is 0. The van der Waals surface area contributed by atoms with Gasteiger partial charge in [-0.05, 0) is 24.5 Å². The van der Waals surface area contributed by atoms with E-state index < -0.39 is 5.97 Å². The lowest BCUT2D eigenvalue weighted by Gasteiger charge is -2.23. The van der Waals surface area contributed by atoms with Crippen LogP contribution >= 0.6 is 0 Å². The first-order valence-corrected chi connectivity index (χ1v) is 6.60. The zero-order valence-electron chi connectivity index (χ0n) is 11.9. The lowest BCUT2D eigenvalue weighted by molar-refractivity contribution is 0.0696. The number of anilines is 1. The molecule has 19 heavy (non-hydrogen) atoms. The molecule has 4 nitrogen and oxygen atoms in total. The maximum atomic E-state index is 11.2. The topological polar surface area (TPSA) is 53.4 Å². The zero-order valence-corrected chi connectivity index (χ0v) is 11.9. The third kappa shape index (κ3) is 4.09. The zero-order chi connectivity index (χ0) is 14.4. The van der Waals surface area contributed by atoms with E-state index in [1.54, 1.807) is 18.2 Å². The molecule has 0 aliphatic carbocycles. The van der Waals surface area contributed by atoms with Crippen molar-refractivity contribution >= 4 is 11.8 Å². The Morgan fingerprint density at radius 2 is 2.21 bits per heavy atom. The monoisotopic (exact) mass is 262 g/mol. The molecule has 0 unspecified atom stereocenters. The van der Waals surface area contributed by atoms with Gasteiger partial charge in [0.05, 0.1) is 5.56 Å². The van der Waals surface area contributed by atoms with Gasteiger partial charge in [0.15, 0.2) is 0 Å². The largest absolute Gasteiger partial charge is 0.478 e. The molecule has 0 spiro atoms. The molecule has 4 heteroatoms. The highest BCUT2D eigenvalue weighted by Crippen LogP contribution is 2.20. The SMILES string of the molecule is C=CCN(CCC)c1cc(C(=O)O)cc(C(C)C)n1. The van der Waals surface area contributed by atoms with Gasteiger partial charge in [-0.1, -0.05) is 26.8 Å². The second-order valence-corrected chi connectivity index (χ2v) is 4.83. The summed E-state index contributed by atoms with van der Waals surface area (Å²) < 4.78 is 0. The Morgan fingerprint density at radius 1 is 1.53 bits per heavy atom. The van der Waals surface area contributed by atoms with E-state index in [1.807, 2.05) is 18.7 Å². The molecule has 0 fully saturated rings. The second kappa shape index (κ2) is 6.92. The number of rotatable bonds is 7. The van der Waals surface area contributed by atoms with Crippen molar-refractivity contribution in [2.45, 2.75) is 33.1 Å². The maximum absolute atomic E-state index is 11.2. The minimum Gasteiger partial charge on any atom is -0.478 e. The lowest BCUT2D eigenvalue weighted by Crippen LogP contribution is -2.25. The molecule has 0 saturated carbocycles. The summed E-state index contributed by atoms with van der Waals surface area (Å²) in [6, 6.07) is 3.28. The summed E-state index contributed by atoms with van der Waals surface area (Å²) in [6.45, 7) is 11.3. The fourth-order valence-corrected chi connectivity index (χ4v) is 1.84. The number of carboxylic acids is 1. The third-order valence-corrected chi connectivity index (χ3v) is 2.84. The first-order valence-electron chi connectivity index (χ1n) is 6.60. The van der Waals surface area contributed by atoms with Crippen molar-refractivity contribution < 1.29 is 9.90 Å². The second-order valence-electron chi connectivity index (χ2n) is 4.83. The number of aromatic nitrogens is 1. The van der Waals surface area contributed by atoms with Crippen LogP contribution in [0, 0.1) is 0 Å². The van der Waals surface area contributed by atoms with Crippen LogP contribution in [0.5, 0.6) is 0 Å². The minimum atomic E-state index is -0.916. The maximum Gasteiger partial charge on any atom is 0.335 e. The number of hydrogen-bond donors (Lipinski definition) is 1. The molecular weight excluding hydrogens is 240 g/mol. The van der Waals surface area contributed by atoms with Crippen LogP contribution in [-0.2, 0) is 0 Å². The highest BCUT2D eigenvalue weighted by atomic mass is 16.4. The van der Waals surface area contributed by atoms with Crippen LogP contribution in [0.2, 0.25) is 0 Å². The number of hydrogen-bond acceptors (Lipinski definition) is 3. The van der Waals surface area contributed by atoms with Crippen LogP contribution in [0.15, 0.2) is 24.8 Å². The number of aromatic carboxylic acids is 1. The Bertz CT molecular complexity index is 455. The van der Waals surface area contributed by atoms with Gasteiger partial charge in [-0.3, -0.25) is 0 Å². The van der Waals surface area contributed by atoms with E-state index in [-0.39, 0.29) is 5.92 Å². The summed E-state index contributed by atoms with van der Waals surface area (Å²) in [6.07, 6.45) is 2.78. The van der Waals surface area contributed by atoms with Gasteiger partial charge in [-0.15, -0.1) is 6.58 Å². The van der Waals surface area contributed by atoms with E-state index in [2.05, 4.69) is 18.5 Å². The summed E-state index contributed by atoms with van der Waals surface area (Å²) in [4.78, 5) is 17.8. The predicted molar refractivity (Wildman–Crippen MR) is 78.0 cm³/mol. The van der Waals surface area contributed by atoms with Crippen molar-refractivity contribution in [3.63, 3.8) is 0 Å². The van der Waals surface area contributed by atoms with Gasteiger partial charge in [-0.25, -0.2) is 9.78 Å². The molecule has 1 N–H and O–H groups in total. The summed E-state index contributed by atoms with van der Waals surface area (Å²) in [5.41, 5.74) is 1.10. The van der Waals surface area contributed by atoms with Crippen molar-refractivity contribution in [3.05, 3.63) is 36.0 Å². The van der Waals surface area contributed by atoms with Crippen LogP contribution in [0.1, 0.15) is 49.2 Å². The van der Waals surface area contributed by atoms with Gasteiger partial charge >= 0.3 is 5.97 Å². The molecule has 104 valence electrons. The molecule has 0 radical (unpaired) electrons. The first kappa shape index (κ1) is 15.2. The third-order valence-electron chi connectivity index (χ3n) is 2.84. The molecule has 0 amide bonds. The number of pyridine rings is 1. The average molecular weight is 262 g/mol. The Labute approximate surface area is 114 Å². The molecule has 1 rings (SSSR count). The van der Waals surface area contributed by atoms with Crippen molar-refractivity contribution in [3.8, 4) is 0 Å². The fourth-order valence-electron chi connectivity index (χ4n) is 1.84. The summed E-state index contributed by atoms with van der Waals surface area (Å²) >= 11 is 0. The van der Waals surface area contributed by atoms with Gasteiger partial charge in [0.1, 0.15) is 5.82 Å². The molecule has 0 aliphatic heterocycles. The predicted octanol–water partition coefficient (Wildman–Crippen LogP) is 3.31. The van der Waals surface area contributed by atoms with Crippen LogP contribution in [0.4, 0.5) is 5.82 Å². The molecular formula is C15H22N2O2. The first-order chi connectivity index (χ1) is 8.99. The van der Waals surface area contributed by atoms with Gasteiger partial charge in [0.25, 0.3) is 0 Å². The van der Waals surface area contributed by atoms with Gasteiger partial charge < -0.3 is 10.0 Å².